The monoisotopic (exact) mass is 532 g/mol. The number of Topliss-reactive ketones (excluding diaryl/α,β-unsaturated/α-hetero) is 4. The predicted molar refractivity (Wildman–Crippen MR) is 160 cm³/mol. The molecule has 3 unspecified atom stereocenters. The number of rotatable bonds is 12. The molecule has 4 heteroatoms. The second kappa shape index (κ2) is 15.6. The largest absolute Gasteiger partial charge is 0.300 e. The van der Waals surface area contributed by atoms with Crippen LogP contribution in [-0.2, 0) is 27.2 Å². The van der Waals surface area contributed by atoms with Crippen LogP contribution in [0.2, 0.25) is 0 Å². The summed E-state index contributed by atoms with van der Waals surface area (Å²) in [6.07, 6.45) is 6.45. The van der Waals surface area contributed by atoms with Gasteiger partial charge in [-0.2, -0.15) is 0 Å². The molecule has 0 N–H and O–H groups in total. The summed E-state index contributed by atoms with van der Waals surface area (Å²) in [4.78, 5) is 49.4. The molecule has 0 saturated carbocycles. The van der Waals surface area contributed by atoms with Crippen molar-refractivity contribution in [1.82, 2.24) is 0 Å². The zero-order valence-electron chi connectivity index (χ0n) is 25.2. The Morgan fingerprint density at radius 1 is 0.897 bits per heavy atom. The highest BCUT2D eigenvalue weighted by molar-refractivity contribution is 6.02. The Kier molecular flexibility index (Phi) is 13.0. The molecule has 39 heavy (non-hydrogen) atoms. The fraction of sp³-hybridized carbons (Fsp3) is 0.543. The van der Waals surface area contributed by atoms with E-state index in [-0.39, 0.29) is 47.3 Å². The predicted octanol–water partition coefficient (Wildman–Crippen LogP) is 8.34. The zero-order valence-corrected chi connectivity index (χ0v) is 25.2. The van der Waals surface area contributed by atoms with Gasteiger partial charge >= 0.3 is 0 Å². The van der Waals surface area contributed by atoms with Crippen LogP contribution in [-0.4, -0.2) is 23.1 Å². The van der Waals surface area contributed by atoms with Crippen molar-refractivity contribution in [3.8, 4) is 11.1 Å². The Labute approximate surface area is 236 Å². The summed E-state index contributed by atoms with van der Waals surface area (Å²) in [6, 6.07) is 12.2. The first-order chi connectivity index (χ1) is 18.6. The summed E-state index contributed by atoms with van der Waals surface area (Å²) in [6.45, 7) is 13.5. The summed E-state index contributed by atoms with van der Waals surface area (Å²) in [5.74, 6) is 0.530. The molecule has 4 nitrogen and oxygen atoms in total. The van der Waals surface area contributed by atoms with Crippen molar-refractivity contribution >= 4 is 23.1 Å². The van der Waals surface area contributed by atoms with E-state index in [9.17, 15) is 19.2 Å². The molecule has 3 atom stereocenters. The van der Waals surface area contributed by atoms with E-state index in [0.29, 0.717) is 12.8 Å². The van der Waals surface area contributed by atoms with Crippen molar-refractivity contribution in [2.75, 3.05) is 0 Å². The molecule has 212 valence electrons. The lowest BCUT2D eigenvalue weighted by Gasteiger charge is -2.32. The fourth-order valence-electron chi connectivity index (χ4n) is 6.10. The van der Waals surface area contributed by atoms with Gasteiger partial charge < -0.3 is 0 Å². The van der Waals surface area contributed by atoms with Gasteiger partial charge in [0.2, 0.25) is 0 Å². The summed E-state index contributed by atoms with van der Waals surface area (Å²) in [7, 11) is 0. The van der Waals surface area contributed by atoms with E-state index in [2.05, 4.69) is 26.8 Å². The zero-order chi connectivity index (χ0) is 29.1. The third kappa shape index (κ3) is 9.08. The number of hydrogen-bond acceptors (Lipinski definition) is 4. The van der Waals surface area contributed by atoms with Gasteiger partial charge in [-0.05, 0) is 79.7 Å². The van der Waals surface area contributed by atoms with Gasteiger partial charge in [0.15, 0.2) is 5.78 Å². The van der Waals surface area contributed by atoms with Crippen LogP contribution >= 0.6 is 0 Å². The summed E-state index contributed by atoms with van der Waals surface area (Å²) in [5, 5.41) is 0. The van der Waals surface area contributed by atoms with Crippen LogP contribution in [0.25, 0.3) is 11.1 Å². The van der Waals surface area contributed by atoms with E-state index >= 15 is 0 Å². The van der Waals surface area contributed by atoms with Crippen molar-refractivity contribution in [1.29, 1.82) is 0 Å². The molecule has 1 aliphatic rings. The SMILES string of the molecule is CCC.CCCC(CC1CC(=O)c2c(C)ccc(-c3ccc(CC(C)=O)cc3)c2C1)C(CC)C(=O)CC(C)=O. The molecular formula is C35H48O4. The number of carbonyl (C=O) groups is 4. The number of fused-ring (bicyclic) bond motifs is 1. The topological polar surface area (TPSA) is 68.3 Å². The Hall–Kier alpha value is -2.88. The molecule has 0 heterocycles. The van der Waals surface area contributed by atoms with Crippen molar-refractivity contribution < 1.29 is 19.2 Å². The maximum atomic E-state index is 13.4. The van der Waals surface area contributed by atoms with E-state index in [1.165, 1.54) is 13.3 Å². The van der Waals surface area contributed by atoms with Crippen molar-refractivity contribution in [3.05, 3.63) is 58.7 Å². The molecule has 0 radical (unpaired) electrons. The van der Waals surface area contributed by atoms with Crippen LogP contribution in [0.3, 0.4) is 0 Å². The number of hydrogen-bond donors (Lipinski definition) is 0. The minimum Gasteiger partial charge on any atom is -0.300 e. The average Bonchev–Trinajstić information content (AvgIpc) is 2.85. The molecule has 0 aromatic heterocycles. The number of aryl methyl sites for hydroxylation is 1. The van der Waals surface area contributed by atoms with E-state index in [1.54, 1.807) is 6.92 Å². The Morgan fingerprint density at radius 3 is 2.08 bits per heavy atom. The molecular weight excluding hydrogens is 484 g/mol. The van der Waals surface area contributed by atoms with Gasteiger partial charge in [-0.1, -0.05) is 83.4 Å². The molecule has 0 aliphatic heterocycles. The van der Waals surface area contributed by atoms with Gasteiger partial charge in [0.25, 0.3) is 0 Å². The lowest BCUT2D eigenvalue weighted by atomic mass is 9.71. The quantitative estimate of drug-likeness (QED) is 0.258. The molecule has 0 saturated heterocycles. The molecule has 0 spiro atoms. The van der Waals surface area contributed by atoms with Gasteiger partial charge in [0.05, 0.1) is 6.42 Å². The van der Waals surface area contributed by atoms with Gasteiger partial charge in [0, 0.05) is 24.3 Å². The molecule has 2 aromatic carbocycles. The lowest BCUT2D eigenvalue weighted by Crippen LogP contribution is -2.30. The first kappa shape index (κ1) is 32.3. The van der Waals surface area contributed by atoms with Crippen molar-refractivity contribution in [3.63, 3.8) is 0 Å². The highest BCUT2D eigenvalue weighted by Gasteiger charge is 2.34. The molecule has 2 aromatic rings. The molecule has 0 fully saturated rings. The first-order valence-corrected chi connectivity index (χ1v) is 14.8. The van der Waals surface area contributed by atoms with Crippen LogP contribution in [0, 0.1) is 24.7 Å². The number of benzene rings is 2. The minimum absolute atomic E-state index is 0.00805. The summed E-state index contributed by atoms with van der Waals surface area (Å²) < 4.78 is 0. The lowest BCUT2D eigenvalue weighted by molar-refractivity contribution is -0.130. The smallest absolute Gasteiger partial charge is 0.163 e. The third-order valence-corrected chi connectivity index (χ3v) is 7.63. The first-order valence-electron chi connectivity index (χ1n) is 14.8. The van der Waals surface area contributed by atoms with Crippen molar-refractivity contribution in [2.24, 2.45) is 17.8 Å². The van der Waals surface area contributed by atoms with E-state index in [0.717, 1.165) is 65.5 Å². The maximum Gasteiger partial charge on any atom is 0.163 e. The van der Waals surface area contributed by atoms with Crippen molar-refractivity contribution in [2.45, 2.75) is 106 Å². The molecule has 0 amide bonds. The van der Waals surface area contributed by atoms with Gasteiger partial charge in [-0.15, -0.1) is 0 Å². The van der Waals surface area contributed by atoms with Crippen LogP contribution < -0.4 is 0 Å². The fourth-order valence-corrected chi connectivity index (χ4v) is 6.10. The molecule has 3 rings (SSSR count). The molecule has 1 aliphatic carbocycles. The van der Waals surface area contributed by atoms with E-state index in [4.69, 9.17) is 0 Å². The molecule has 0 bridgehead atoms. The Balaban J connectivity index is 0.00000170. The second-order valence-electron chi connectivity index (χ2n) is 11.4. The van der Waals surface area contributed by atoms with Crippen LogP contribution in [0.15, 0.2) is 36.4 Å². The van der Waals surface area contributed by atoms with Gasteiger partial charge in [0.1, 0.15) is 17.3 Å². The highest BCUT2D eigenvalue weighted by Crippen LogP contribution is 2.40. The van der Waals surface area contributed by atoms with Crippen LogP contribution in [0.4, 0.5) is 0 Å². The van der Waals surface area contributed by atoms with Gasteiger partial charge in [-0.25, -0.2) is 0 Å². The summed E-state index contributed by atoms with van der Waals surface area (Å²) in [5.41, 5.74) is 6.09. The standard InChI is InChI=1S/C32H40O4.C3H8/c1-6-8-26(27(7-2)30(35)16-22(5)34)17-24-18-29-28(14-9-20(3)32(29)31(36)19-24)25-12-10-23(11-13-25)15-21(4)33;1-3-2/h9-14,24,26-27H,6-8,15-19H2,1-5H3;3H2,1-2H3. The number of carbonyl (C=O) groups excluding carboxylic acids is 4. The Morgan fingerprint density at radius 2 is 1.54 bits per heavy atom. The summed E-state index contributed by atoms with van der Waals surface area (Å²) >= 11 is 0. The van der Waals surface area contributed by atoms with E-state index in [1.807, 2.05) is 44.2 Å². The normalized spacial score (nSPS) is 16.0. The Bertz CT molecular complexity index is 1140. The second-order valence-corrected chi connectivity index (χ2v) is 11.4. The van der Waals surface area contributed by atoms with Gasteiger partial charge in [-0.3, -0.25) is 19.2 Å². The average molecular weight is 533 g/mol. The maximum absolute atomic E-state index is 13.4. The van der Waals surface area contributed by atoms with Crippen LogP contribution in [0.1, 0.15) is 114 Å². The van der Waals surface area contributed by atoms with E-state index < -0.39 is 0 Å². The van der Waals surface area contributed by atoms with Crippen LogP contribution in [0.5, 0.6) is 0 Å². The number of ketones is 4. The minimum atomic E-state index is -0.129. The highest BCUT2D eigenvalue weighted by atomic mass is 16.1. The third-order valence-electron chi connectivity index (χ3n) is 7.63.